The first kappa shape index (κ1) is 16.3. The highest BCUT2D eigenvalue weighted by Gasteiger charge is 2.12. The molecule has 6 heteroatoms. The quantitative estimate of drug-likeness (QED) is 0.619. The standard InChI is InChI=1S/C17H17N3O3/c1-2-14(11-18)23-15-7-5-6-13(10-15)12-19-16-8-3-4-9-17(16)20(21)22/h3-10,14,19H,2,12H2,1H3. The molecule has 0 fully saturated rings. The van der Waals surface area contributed by atoms with Crippen molar-refractivity contribution in [2.24, 2.45) is 0 Å². The number of hydrogen-bond acceptors (Lipinski definition) is 5. The fraction of sp³-hybridized carbons (Fsp3) is 0.235. The molecular weight excluding hydrogens is 294 g/mol. The van der Waals surface area contributed by atoms with Crippen LogP contribution in [-0.4, -0.2) is 11.0 Å². The Bertz CT molecular complexity index is 725. The number of rotatable bonds is 7. The topological polar surface area (TPSA) is 88.2 Å². The molecule has 2 aromatic carbocycles. The summed E-state index contributed by atoms with van der Waals surface area (Å²) in [7, 11) is 0. The number of nitriles is 1. The van der Waals surface area contributed by atoms with Crippen LogP contribution in [-0.2, 0) is 6.54 Å². The molecule has 2 rings (SSSR count). The molecule has 0 amide bonds. The number of nitrogens with zero attached hydrogens (tertiary/aromatic N) is 2. The average molecular weight is 311 g/mol. The van der Waals surface area contributed by atoms with Crippen LogP contribution in [0.2, 0.25) is 0 Å². The van der Waals surface area contributed by atoms with Crippen molar-refractivity contribution in [1.29, 1.82) is 5.26 Å². The molecule has 0 spiro atoms. The summed E-state index contributed by atoms with van der Waals surface area (Å²) in [5.74, 6) is 0.611. The molecule has 0 heterocycles. The molecule has 2 aromatic rings. The lowest BCUT2D eigenvalue weighted by atomic mass is 10.2. The van der Waals surface area contributed by atoms with Crippen molar-refractivity contribution in [3.05, 3.63) is 64.2 Å². The van der Waals surface area contributed by atoms with Gasteiger partial charge in [0.2, 0.25) is 0 Å². The normalized spacial score (nSPS) is 11.3. The van der Waals surface area contributed by atoms with Gasteiger partial charge < -0.3 is 10.1 Å². The monoisotopic (exact) mass is 311 g/mol. The highest BCUT2D eigenvalue weighted by atomic mass is 16.6. The molecule has 0 radical (unpaired) electrons. The van der Waals surface area contributed by atoms with Crippen molar-refractivity contribution >= 4 is 11.4 Å². The van der Waals surface area contributed by atoms with Crippen LogP contribution >= 0.6 is 0 Å². The number of benzene rings is 2. The predicted molar refractivity (Wildman–Crippen MR) is 87.2 cm³/mol. The number of hydrogen-bond donors (Lipinski definition) is 1. The third-order valence-electron chi connectivity index (χ3n) is 3.28. The Hall–Kier alpha value is -3.07. The molecule has 1 unspecified atom stereocenters. The van der Waals surface area contributed by atoms with Crippen LogP contribution in [0.25, 0.3) is 0 Å². The van der Waals surface area contributed by atoms with Gasteiger partial charge in [0.1, 0.15) is 17.5 Å². The fourth-order valence-corrected chi connectivity index (χ4v) is 2.07. The van der Waals surface area contributed by atoms with E-state index in [1.54, 1.807) is 24.3 Å². The van der Waals surface area contributed by atoms with Crippen molar-refractivity contribution in [3.63, 3.8) is 0 Å². The average Bonchev–Trinajstić information content (AvgIpc) is 2.58. The first-order chi connectivity index (χ1) is 11.1. The minimum Gasteiger partial charge on any atom is -0.476 e. The second-order valence-electron chi connectivity index (χ2n) is 4.92. The highest BCUT2D eigenvalue weighted by Crippen LogP contribution is 2.24. The van der Waals surface area contributed by atoms with Crippen molar-refractivity contribution in [3.8, 4) is 11.8 Å². The van der Waals surface area contributed by atoms with Crippen LogP contribution in [0.15, 0.2) is 48.5 Å². The zero-order valence-corrected chi connectivity index (χ0v) is 12.7. The number of nitrogens with one attached hydrogen (secondary N) is 1. The second-order valence-corrected chi connectivity index (χ2v) is 4.92. The van der Waals surface area contributed by atoms with E-state index in [0.717, 1.165) is 5.56 Å². The Morgan fingerprint density at radius 3 is 2.78 bits per heavy atom. The molecule has 23 heavy (non-hydrogen) atoms. The molecule has 0 aromatic heterocycles. The maximum atomic E-state index is 11.0. The van der Waals surface area contributed by atoms with Crippen molar-refractivity contribution < 1.29 is 9.66 Å². The molecular formula is C17H17N3O3. The first-order valence-corrected chi connectivity index (χ1v) is 7.26. The van der Waals surface area contributed by atoms with Crippen LogP contribution < -0.4 is 10.1 Å². The van der Waals surface area contributed by atoms with E-state index in [1.807, 2.05) is 25.1 Å². The van der Waals surface area contributed by atoms with Crippen LogP contribution in [0, 0.1) is 21.4 Å². The first-order valence-electron chi connectivity index (χ1n) is 7.26. The maximum Gasteiger partial charge on any atom is 0.292 e. The number of ether oxygens (including phenoxy) is 1. The zero-order chi connectivity index (χ0) is 16.7. The van der Waals surface area contributed by atoms with E-state index in [9.17, 15) is 10.1 Å². The van der Waals surface area contributed by atoms with E-state index >= 15 is 0 Å². The summed E-state index contributed by atoms with van der Waals surface area (Å²) < 4.78 is 5.57. The molecule has 0 saturated heterocycles. The van der Waals surface area contributed by atoms with Crippen molar-refractivity contribution in [2.45, 2.75) is 26.0 Å². The molecule has 0 aliphatic heterocycles. The van der Waals surface area contributed by atoms with Crippen LogP contribution in [0.4, 0.5) is 11.4 Å². The molecule has 0 aliphatic carbocycles. The van der Waals surface area contributed by atoms with E-state index in [4.69, 9.17) is 10.00 Å². The fourth-order valence-electron chi connectivity index (χ4n) is 2.07. The minimum atomic E-state index is -0.478. The van der Waals surface area contributed by atoms with Gasteiger partial charge in [0.15, 0.2) is 6.10 Å². The van der Waals surface area contributed by atoms with Gasteiger partial charge >= 0.3 is 0 Å². The molecule has 1 N–H and O–H groups in total. The van der Waals surface area contributed by atoms with Gasteiger partial charge in [-0.25, -0.2) is 0 Å². The third kappa shape index (κ3) is 4.45. The van der Waals surface area contributed by atoms with Gasteiger partial charge in [-0.3, -0.25) is 10.1 Å². The molecule has 0 saturated carbocycles. The smallest absolute Gasteiger partial charge is 0.292 e. The van der Waals surface area contributed by atoms with Crippen molar-refractivity contribution in [1.82, 2.24) is 0 Å². The molecule has 118 valence electrons. The largest absolute Gasteiger partial charge is 0.476 e. The van der Waals surface area contributed by atoms with E-state index in [-0.39, 0.29) is 5.69 Å². The van der Waals surface area contributed by atoms with Gasteiger partial charge in [-0.05, 0) is 30.2 Å². The zero-order valence-electron chi connectivity index (χ0n) is 12.7. The van der Waals surface area contributed by atoms with Gasteiger partial charge in [-0.2, -0.15) is 5.26 Å². The summed E-state index contributed by atoms with van der Waals surface area (Å²) in [6, 6.07) is 15.9. The van der Waals surface area contributed by atoms with E-state index in [1.165, 1.54) is 6.07 Å². The maximum absolute atomic E-state index is 11.0. The Morgan fingerprint density at radius 2 is 2.09 bits per heavy atom. The van der Waals surface area contributed by atoms with Gasteiger partial charge in [0, 0.05) is 12.6 Å². The highest BCUT2D eigenvalue weighted by molar-refractivity contribution is 5.61. The number of nitro benzene ring substituents is 1. The van der Waals surface area contributed by atoms with Crippen LogP contribution in [0.3, 0.4) is 0 Å². The molecule has 0 bridgehead atoms. The summed E-state index contributed by atoms with van der Waals surface area (Å²) in [5.41, 5.74) is 1.41. The van der Waals surface area contributed by atoms with E-state index in [0.29, 0.717) is 24.4 Å². The Morgan fingerprint density at radius 1 is 1.30 bits per heavy atom. The Kier molecular flexibility index (Phi) is 5.53. The lowest BCUT2D eigenvalue weighted by molar-refractivity contribution is -0.384. The number of para-hydroxylation sites is 2. The van der Waals surface area contributed by atoms with E-state index < -0.39 is 11.0 Å². The summed E-state index contributed by atoms with van der Waals surface area (Å²) >= 11 is 0. The molecule has 1 atom stereocenters. The summed E-state index contributed by atoms with van der Waals surface area (Å²) in [5, 5.41) is 23.0. The Balaban J connectivity index is 2.07. The van der Waals surface area contributed by atoms with Gasteiger partial charge in [0.05, 0.1) is 4.92 Å². The van der Waals surface area contributed by atoms with E-state index in [2.05, 4.69) is 11.4 Å². The van der Waals surface area contributed by atoms with Crippen molar-refractivity contribution in [2.75, 3.05) is 5.32 Å². The van der Waals surface area contributed by atoms with Gasteiger partial charge in [-0.15, -0.1) is 0 Å². The lowest BCUT2D eigenvalue weighted by Crippen LogP contribution is -2.12. The minimum absolute atomic E-state index is 0.0374. The summed E-state index contributed by atoms with van der Waals surface area (Å²) in [4.78, 5) is 10.6. The SMILES string of the molecule is CCC(C#N)Oc1cccc(CNc2ccccc2[N+](=O)[O-])c1. The molecule has 0 aliphatic rings. The predicted octanol–water partition coefficient (Wildman–Crippen LogP) is 3.89. The third-order valence-corrected chi connectivity index (χ3v) is 3.28. The second kappa shape index (κ2) is 7.80. The lowest BCUT2D eigenvalue weighted by Gasteiger charge is -2.12. The molecule has 6 nitrogen and oxygen atoms in total. The van der Waals surface area contributed by atoms with Crippen LogP contribution in [0.1, 0.15) is 18.9 Å². The van der Waals surface area contributed by atoms with Crippen LogP contribution in [0.5, 0.6) is 5.75 Å². The van der Waals surface area contributed by atoms with Gasteiger partial charge in [0.25, 0.3) is 5.69 Å². The Labute approximate surface area is 134 Å². The summed E-state index contributed by atoms with van der Waals surface area (Å²) in [6.45, 7) is 2.30. The van der Waals surface area contributed by atoms with Gasteiger partial charge in [-0.1, -0.05) is 31.2 Å². The number of nitro groups is 1. The number of anilines is 1. The summed E-state index contributed by atoms with van der Waals surface area (Å²) in [6.07, 6.45) is 0.128.